The van der Waals surface area contributed by atoms with Gasteiger partial charge in [0.1, 0.15) is 12.4 Å². The molecule has 2 aromatic rings. The average molecular weight is 407 g/mol. The van der Waals surface area contributed by atoms with Gasteiger partial charge in [-0.1, -0.05) is 24.3 Å². The third-order valence-electron chi connectivity index (χ3n) is 5.06. The molecule has 3 rings (SSSR count). The largest absolute Gasteiger partial charge is 0.491 e. The molecule has 1 heterocycles. The number of Topliss-reactive ketones (excluding diaryl/α,β-unsaturated/α-hetero) is 1. The number of hydrogen-bond donors (Lipinski definition) is 1. The lowest BCUT2D eigenvalue weighted by atomic mass is 9.89. The van der Waals surface area contributed by atoms with Crippen LogP contribution in [0.1, 0.15) is 34.3 Å². The summed E-state index contributed by atoms with van der Waals surface area (Å²) >= 11 is 0. The minimum Gasteiger partial charge on any atom is -0.491 e. The Morgan fingerprint density at radius 3 is 2.41 bits per heavy atom. The molecule has 0 amide bonds. The van der Waals surface area contributed by atoms with Gasteiger partial charge < -0.3 is 9.84 Å². The first-order valence-electron chi connectivity index (χ1n) is 9.63. The lowest BCUT2D eigenvalue weighted by molar-refractivity contribution is -0.137. The van der Waals surface area contributed by atoms with Crippen molar-refractivity contribution in [1.82, 2.24) is 4.90 Å². The van der Waals surface area contributed by atoms with Crippen molar-refractivity contribution in [3.05, 3.63) is 65.2 Å². The van der Waals surface area contributed by atoms with Crippen molar-refractivity contribution < 1.29 is 27.8 Å². The molecule has 0 spiro atoms. The SMILES string of the molecule is O=C(c1ccc(C(F)(F)F)cc1)[C@@H]1CCCN(Cc2ccc(OCCO)cc2)C1. The molecule has 1 atom stereocenters. The maximum Gasteiger partial charge on any atom is 0.416 e. The normalized spacial score (nSPS) is 17.9. The second kappa shape index (κ2) is 9.41. The maximum atomic E-state index is 12.8. The summed E-state index contributed by atoms with van der Waals surface area (Å²) in [5.41, 5.74) is 0.671. The van der Waals surface area contributed by atoms with E-state index < -0.39 is 11.7 Å². The van der Waals surface area contributed by atoms with E-state index in [1.165, 1.54) is 12.1 Å². The van der Waals surface area contributed by atoms with Gasteiger partial charge in [0, 0.05) is 24.6 Å². The minimum absolute atomic E-state index is 0.0378. The zero-order valence-electron chi connectivity index (χ0n) is 16.0. The summed E-state index contributed by atoms with van der Waals surface area (Å²) in [7, 11) is 0. The predicted octanol–water partition coefficient (Wildman–Crippen LogP) is 4.17. The van der Waals surface area contributed by atoms with Crippen LogP contribution in [0, 0.1) is 5.92 Å². The molecule has 0 radical (unpaired) electrons. The molecule has 0 aromatic heterocycles. The molecule has 1 N–H and O–H groups in total. The van der Waals surface area contributed by atoms with Crippen molar-refractivity contribution in [3.8, 4) is 5.75 Å². The Morgan fingerprint density at radius 1 is 1.10 bits per heavy atom. The van der Waals surface area contributed by atoms with Gasteiger partial charge in [0.25, 0.3) is 0 Å². The van der Waals surface area contributed by atoms with E-state index >= 15 is 0 Å². The monoisotopic (exact) mass is 407 g/mol. The number of benzene rings is 2. The molecule has 1 aliphatic heterocycles. The summed E-state index contributed by atoms with van der Waals surface area (Å²) < 4.78 is 43.5. The van der Waals surface area contributed by atoms with E-state index in [4.69, 9.17) is 9.84 Å². The van der Waals surface area contributed by atoms with Crippen LogP contribution in [-0.2, 0) is 12.7 Å². The Bertz CT molecular complexity index is 804. The van der Waals surface area contributed by atoms with Crippen LogP contribution >= 0.6 is 0 Å². The van der Waals surface area contributed by atoms with Gasteiger partial charge in [-0.2, -0.15) is 13.2 Å². The van der Waals surface area contributed by atoms with E-state index in [9.17, 15) is 18.0 Å². The number of rotatable bonds is 7. The van der Waals surface area contributed by atoms with Crippen LogP contribution in [0.3, 0.4) is 0 Å². The number of nitrogens with zero attached hydrogens (tertiary/aromatic N) is 1. The number of carbonyl (C=O) groups is 1. The van der Waals surface area contributed by atoms with Gasteiger partial charge >= 0.3 is 6.18 Å². The van der Waals surface area contributed by atoms with Crippen molar-refractivity contribution in [2.24, 2.45) is 5.92 Å². The van der Waals surface area contributed by atoms with E-state index in [1.54, 1.807) is 0 Å². The molecule has 1 fully saturated rings. The number of piperidine rings is 1. The van der Waals surface area contributed by atoms with Crippen LogP contribution in [0.25, 0.3) is 0 Å². The van der Waals surface area contributed by atoms with Crippen molar-refractivity contribution in [2.75, 3.05) is 26.3 Å². The number of ketones is 1. The molecule has 0 aliphatic carbocycles. The summed E-state index contributed by atoms with van der Waals surface area (Å²) in [5, 5.41) is 8.79. The van der Waals surface area contributed by atoms with E-state index in [2.05, 4.69) is 4.90 Å². The first-order valence-corrected chi connectivity index (χ1v) is 9.63. The van der Waals surface area contributed by atoms with Gasteiger partial charge in [0.15, 0.2) is 5.78 Å². The van der Waals surface area contributed by atoms with Crippen LogP contribution < -0.4 is 4.74 Å². The molecule has 0 saturated carbocycles. The van der Waals surface area contributed by atoms with Gasteiger partial charge in [0.05, 0.1) is 12.2 Å². The lowest BCUT2D eigenvalue weighted by Crippen LogP contribution is -2.38. The van der Waals surface area contributed by atoms with Gasteiger partial charge in [-0.3, -0.25) is 9.69 Å². The van der Waals surface area contributed by atoms with Crippen LogP contribution in [-0.4, -0.2) is 42.1 Å². The number of hydrogen-bond acceptors (Lipinski definition) is 4. The Hall–Kier alpha value is -2.38. The van der Waals surface area contributed by atoms with Gasteiger partial charge in [-0.25, -0.2) is 0 Å². The van der Waals surface area contributed by atoms with Gasteiger partial charge in [-0.15, -0.1) is 0 Å². The molecule has 1 saturated heterocycles. The number of ether oxygens (including phenoxy) is 1. The fourth-order valence-electron chi connectivity index (χ4n) is 3.59. The Morgan fingerprint density at radius 2 is 1.79 bits per heavy atom. The molecular weight excluding hydrogens is 383 g/mol. The van der Waals surface area contributed by atoms with Crippen molar-refractivity contribution in [3.63, 3.8) is 0 Å². The smallest absolute Gasteiger partial charge is 0.416 e. The second-order valence-corrected chi connectivity index (χ2v) is 7.23. The van der Waals surface area contributed by atoms with Gasteiger partial charge in [-0.05, 0) is 49.2 Å². The molecule has 0 bridgehead atoms. The average Bonchev–Trinajstić information content (AvgIpc) is 2.72. The van der Waals surface area contributed by atoms with Crippen LogP contribution in [0.15, 0.2) is 48.5 Å². The molecule has 29 heavy (non-hydrogen) atoms. The molecule has 1 aliphatic rings. The van der Waals surface area contributed by atoms with Crippen LogP contribution in [0.4, 0.5) is 13.2 Å². The van der Waals surface area contributed by atoms with Crippen molar-refractivity contribution in [1.29, 1.82) is 0 Å². The molecule has 7 heteroatoms. The quantitative estimate of drug-likeness (QED) is 0.700. The molecule has 156 valence electrons. The summed E-state index contributed by atoms with van der Waals surface area (Å²) in [6, 6.07) is 12.1. The number of alkyl halides is 3. The molecule has 4 nitrogen and oxygen atoms in total. The molecule has 2 aromatic carbocycles. The van der Waals surface area contributed by atoms with Crippen LogP contribution in [0.2, 0.25) is 0 Å². The number of aliphatic hydroxyl groups excluding tert-OH is 1. The van der Waals surface area contributed by atoms with Crippen molar-refractivity contribution >= 4 is 5.78 Å². The topological polar surface area (TPSA) is 49.8 Å². The fraction of sp³-hybridized carbons (Fsp3) is 0.409. The van der Waals surface area contributed by atoms with E-state index in [1.807, 2.05) is 24.3 Å². The maximum absolute atomic E-state index is 12.8. The highest BCUT2D eigenvalue weighted by molar-refractivity contribution is 5.98. The number of carbonyl (C=O) groups excluding carboxylic acids is 1. The van der Waals surface area contributed by atoms with Crippen molar-refractivity contribution in [2.45, 2.75) is 25.6 Å². The second-order valence-electron chi connectivity index (χ2n) is 7.23. The standard InChI is InChI=1S/C22H24F3NO3/c23-22(24,25)19-7-5-17(6-8-19)21(28)18-2-1-11-26(15-18)14-16-3-9-20(10-4-16)29-13-12-27/h3-10,18,27H,1-2,11-15H2/t18-/m1/s1. The fourth-order valence-corrected chi connectivity index (χ4v) is 3.59. The summed E-state index contributed by atoms with van der Waals surface area (Å²) in [4.78, 5) is 15.0. The number of halogens is 3. The first-order chi connectivity index (χ1) is 13.9. The first kappa shape index (κ1) is 21.3. The third-order valence-corrected chi connectivity index (χ3v) is 5.06. The van der Waals surface area contributed by atoms with E-state index in [0.29, 0.717) is 24.4 Å². The summed E-state index contributed by atoms with van der Waals surface area (Å²) in [6.07, 6.45) is -2.79. The van der Waals surface area contributed by atoms with E-state index in [-0.39, 0.29) is 24.9 Å². The highest BCUT2D eigenvalue weighted by Gasteiger charge is 2.31. The van der Waals surface area contributed by atoms with Gasteiger partial charge in [0.2, 0.25) is 0 Å². The summed E-state index contributed by atoms with van der Waals surface area (Å²) in [6.45, 7) is 2.36. The zero-order chi connectivity index (χ0) is 20.9. The number of likely N-dealkylation sites (tertiary alicyclic amines) is 1. The molecule has 0 unspecified atom stereocenters. The third kappa shape index (κ3) is 5.81. The Kier molecular flexibility index (Phi) is 6.92. The Labute approximate surface area is 167 Å². The predicted molar refractivity (Wildman–Crippen MR) is 103 cm³/mol. The van der Waals surface area contributed by atoms with Crippen LogP contribution in [0.5, 0.6) is 5.75 Å². The molecular formula is C22H24F3NO3. The number of aliphatic hydroxyl groups is 1. The minimum atomic E-state index is -4.40. The highest BCUT2D eigenvalue weighted by Crippen LogP contribution is 2.30. The highest BCUT2D eigenvalue weighted by atomic mass is 19.4. The van der Waals surface area contributed by atoms with E-state index in [0.717, 1.165) is 37.1 Å². The zero-order valence-corrected chi connectivity index (χ0v) is 16.0. The Balaban J connectivity index is 1.59. The lowest BCUT2D eigenvalue weighted by Gasteiger charge is -2.32. The summed E-state index contributed by atoms with van der Waals surface area (Å²) in [5.74, 6) is 0.376.